The van der Waals surface area contributed by atoms with Gasteiger partial charge in [-0.3, -0.25) is 0 Å². The number of carbonyl (C=O) groups is 1. The molecule has 0 radical (unpaired) electrons. The van der Waals surface area contributed by atoms with Crippen molar-refractivity contribution in [2.24, 2.45) is 0 Å². The predicted octanol–water partition coefficient (Wildman–Crippen LogP) is 4.14. The first-order valence-corrected chi connectivity index (χ1v) is 7.21. The number of aromatic nitrogens is 2. The summed E-state index contributed by atoms with van der Waals surface area (Å²) in [6.45, 7) is 1.94. The Labute approximate surface area is 128 Å². The molecule has 2 aromatic heterocycles. The lowest BCUT2D eigenvalue weighted by Gasteiger charge is -2.08. The summed E-state index contributed by atoms with van der Waals surface area (Å²) >= 11 is 7.35. The molecule has 21 heavy (non-hydrogen) atoms. The third-order valence-electron chi connectivity index (χ3n) is 2.88. The molecule has 0 spiro atoms. The zero-order valence-electron chi connectivity index (χ0n) is 10.8. The van der Waals surface area contributed by atoms with Crippen molar-refractivity contribution in [1.82, 2.24) is 9.97 Å². The van der Waals surface area contributed by atoms with E-state index >= 15 is 0 Å². The third kappa shape index (κ3) is 2.55. The number of hydrogen-bond donors (Lipinski definition) is 1. The van der Waals surface area contributed by atoms with E-state index in [9.17, 15) is 9.90 Å². The van der Waals surface area contributed by atoms with E-state index in [0.29, 0.717) is 10.9 Å². The molecule has 0 fully saturated rings. The second kappa shape index (κ2) is 5.31. The van der Waals surface area contributed by atoms with E-state index < -0.39 is 5.97 Å². The molecule has 0 aliphatic rings. The Balaban J connectivity index is 2.10. The molecule has 7 heteroatoms. The number of nitrogens with zero attached hydrogens (tertiary/aromatic N) is 2. The van der Waals surface area contributed by atoms with Crippen LogP contribution in [0.1, 0.15) is 15.9 Å². The lowest BCUT2D eigenvalue weighted by Crippen LogP contribution is -2.00. The van der Waals surface area contributed by atoms with Crippen LogP contribution in [0.15, 0.2) is 29.9 Å². The number of carboxylic acid groups (broad SMARTS) is 1. The molecule has 2 heterocycles. The normalized spacial score (nSPS) is 10.8. The minimum atomic E-state index is -1.09. The maximum Gasteiger partial charge on any atom is 0.339 e. The summed E-state index contributed by atoms with van der Waals surface area (Å²) in [6.07, 6.45) is 1.39. The van der Waals surface area contributed by atoms with Crippen LogP contribution >= 0.6 is 22.9 Å². The molecule has 0 saturated heterocycles. The second-order valence-corrected chi connectivity index (χ2v) is 5.64. The number of aromatic carboxylic acids is 1. The minimum Gasteiger partial charge on any atom is -0.478 e. The van der Waals surface area contributed by atoms with Crippen molar-refractivity contribution >= 4 is 39.1 Å². The Morgan fingerprint density at radius 3 is 2.95 bits per heavy atom. The van der Waals surface area contributed by atoms with Crippen LogP contribution in [0.3, 0.4) is 0 Å². The first kappa shape index (κ1) is 13.8. The summed E-state index contributed by atoms with van der Waals surface area (Å²) in [5.41, 5.74) is 1.84. The van der Waals surface area contributed by atoms with Crippen LogP contribution in [0, 0.1) is 6.92 Å². The molecular weight excluding hydrogens is 312 g/mol. The van der Waals surface area contributed by atoms with E-state index in [-0.39, 0.29) is 11.3 Å². The lowest BCUT2D eigenvalue weighted by molar-refractivity contribution is 0.0694. The average molecular weight is 321 g/mol. The van der Waals surface area contributed by atoms with Gasteiger partial charge in [-0.2, -0.15) is 0 Å². The van der Waals surface area contributed by atoms with Gasteiger partial charge in [-0.25, -0.2) is 14.8 Å². The topological polar surface area (TPSA) is 72.3 Å². The summed E-state index contributed by atoms with van der Waals surface area (Å²) in [7, 11) is 0. The van der Waals surface area contributed by atoms with E-state index in [2.05, 4.69) is 9.97 Å². The molecule has 0 aliphatic carbocycles. The number of fused-ring (bicyclic) bond motifs is 1. The van der Waals surface area contributed by atoms with Gasteiger partial charge in [0.2, 0.25) is 5.88 Å². The molecule has 5 nitrogen and oxygen atoms in total. The molecule has 0 bridgehead atoms. The van der Waals surface area contributed by atoms with Crippen LogP contribution in [-0.4, -0.2) is 21.0 Å². The minimum absolute atomic E-state index is 0.0273. The van der Waals surface area contributed by atoms with Crippen LogP contribution in [0.4, 0.5) is 0 Å². The van der Waals surface area contributed by atoms with Gasteiger partial charge in [0.25, 0.3) is 0 Å². The highest BCUT2D eigenvalue weighted by atomic mass is 35.5. The molecule has 3 aromatic rings. The van der Waals surface area contributed by atoms with Gasteiger partial charge in [-0.1, -0.05) is 11.6 Å². The van der Waals surface area contributed by atoms with Gasteiger partial charge in [0.1, 0.15) is 22.3 Å². The summed E-state index contributed by atoms with van der Waals surface area (Å²) < 4.78 is 6.44. The van der Waals surface area contributed by atoms with Crippen molar-refractivity contribution in [2.75, 3.05) is 0 Å². The number of thiophene rings is 1. The van der Waals surface area contributed by atoms with Gasteiger partial charge in [0, 0.05) is 11.1 Å². The smallest absolute Gasteiger partial charge is 0.339 e. The number of carboxylic acids is 1. The largest absolute Gasteiger partial charge is 0.478 e. The van der Waals surface area contributed by atoms with Gasteiger partial charge in [0.15, 0.2) is 0 Å². The van der Waals surface area contributed by atoms with Crippen LogP contribution in [0.2, 0.25) is 5.02 Å². The van der Waals surface area contributed by atoms with Gasteiger partial charge in [-0.15, -0.1) is 11.3 Å². The lowest BCUT2D eigenvalue weighted by atomic mass is 10.2. The molecule has 1 N–H and O–H groups in total. The molecule has 106 valence electrons. The first-order chi connectivity index (χ1) is 10.1. The zero-order chi connectivity index (χ0) is 15.0. The number of hydrogen-bond acceptors (Lipinski definition) is 5. The van der Waals surface area contributed by atoms with E-state index in [0.717, 1.165) is 15.8 Å². The van der Waals surface area contributed by atoms with E-state index in [4.69, 9.17) is 16.3 Å². The monoisotopic (exact) mass is 320 g/mol. The maximum absolute atomic E-state index is 11.2. The summed E-state index contributed by atoms with van der Waals surface area (Å²) in [5, 5.41) is 11.5. The fourth-order valence-corrected chi connectivity index (χ4v) is 2.97. The van der Waals surface area contributed by atoms with Crippen LogP contribution < -0.4 is 4.74 Å². The number of benzene rings is 1. The van der Waals surface area contributed by atoms with Crippen molar-refractivity contribution in [2.45, 2.75) is 6.92 Å². The molecule has 3 rings (SSSR count). The molecule has 1 aromatic carbocycles. The summed E-state index contributed by atoms with van der Waals surface area (Å²) in [6, 6.07) is 4.36. The fourth-order valence-electron chi connectivity index (χ4n) is 1.88. The number of halogens is 1. The van der Waals surface area contributed by atoms with Crippen molar-refractivity contribution in [3.8, 4) is 11.6 Å². The SMILES string of the molecule is Cc1csc2c(Oc3cc(Cl)ccc3C(=O)O)ncnc12. The summed E-state index contributed by atoms with van der Waals surface area (Å²) in [5.74, 6) is -0.613. The van der Waals surface area contributed by atoms with E-state index in [1.54, 1.807) is 0 Å². The molecular formula is C14H9ClN2O3S. The number of rotatable bonds is 3. The van der Waals surface area contributed by atoms with E-state index in [1.165, 1.54) is 35.9 Å². The standard InChI is InChI=1S/C14H9ClN2O3S/c1-7-5-21-12-11(7)16-6-17-13(12)20-10-4-8(15)2-3-9(10)14(18)19/h2-6H,1H3,(H,18,19). The molecule has 0 aliphatic heterocycles. The Hall–Kier alpha value is -2.18. The Morgan fingerprint density at radius 2 is 2.19 bits per heavy atom. The summed E-state index contributed by atoms with van der Waals surface area (Å²) in [4.78, 5) is 19.5. The Bertz CT molecular complexity index is 847. The first-order valence-electron chi connectivity index (χ1n) is 5.96. The highest BCUT2D eigenvalue weighted by Gasteiger charge is 2.16. The molecule has 0 atom stereocenters. The van der Waals surface area contributed by atoms with Gasteiger partial charge < -0.3 is 9.84 Å². The highest BCUT2D eigenvalue weighted by Crippen LogP contribution is 2.34. The third-order valence-corrected chi connectivity index (χ3v) is 4.19. The van der Waals surface area contributed by atoms with Crippen molar-refractivity contribution in [1.29, 1.82) is 0 Å². The van der Waals surface area contributed by atoms with E-state index in [1.807, 2.05) is 12.3 Å². The molecule has 0 unspecified atom stereocenters. The number of ether oxygens (including phenoxy) is 1. The highest BCUT2D eigenvalue weighted by molar-refractivity contribution is 7.17. The Morgan fingerprint density at radius 1 is 1.38 bits per heavy atom. The van der Waals surface area contributed by atoms with Crippen LogP contribution in [0.25, 0.3) is 10.2 Å². The number of aryl methyl sites for hydroxylation is 1. The fraction of sp³-hybridized carbons (Fsp3) is 0.0714. The van der Waals surface area contributed by atoms with Crippen molar-refractivity contribution in [3.05, 3.63) is 46.1 Å². The molecule has 0 amide bonds. The Kier molecular flexibility index (Phi) is 3.48. The maximum atomic E-state index is 11.2. The van der Waals surface area contributed by atoms with Gasteiger partial charge >= 0.3 is 5.97 Å². The van der Waals surface area contributed by atoms with Gasteiger partial charge in [-0.05, 0) is 30.0 Å². The molecule has 0 saturated carbocycles. The van der Waals surface area contributed by atoms with Crippen molar-refractivity contribution < 1.29 is 14.6 Å². The van der Waals surface area contributed by atoms with Crippen molar-refractivity contribution in [3.63, 3.8) is 0 Å². The zero-order valence-corrected chi connectivity index (χ0v) is 12.4. The van der Waals surface area contributed by atoms with Gasteiger partial charge in [0.05, 0.1) is 5.52 Å². The van der Waals surface area contributed by atoms with Crippen LogP contribution in [-0.2, 0) is 0 Å². The predicted molar refractivity (Wildman–Crippen MR) is 80.6 cm³/mol. The average Bonchev–Trinajstić information content (AvgIpc) is 2.82. The second-order valence-electron chi connectivity index (χ2n) is 4.32. The van der Waals surface area contributed by atoms with Crippen LogP contribution in [0.5, 0.6) is 11.6 Å². The quantitative estimate of drug-likeness (QED) is 0.785.